The Morgan fingerprint density at radius 1 is 1.44 bits per heavy atom. The van der Waals surface area contributed by atoms with Crippen molar-refractivity contribution in [3.63, 3.8) is 0 Å². The molecular formula is C8H3F5INO3. The molecule has 0 unspecified atom stereocenters. The van der Waals surface area contributed by atoms with Gasteiger partial charge in [-0.25, -0.2) is 18.6 Å². The highest BCUT2D eigenvalue weighted by molar-refractivity contribution is 14.1. The summed E-state index contributed by atoms with van der Waals surface area (Å²) in [5, 5.41) is 8.57. The fourth-order valence-electron chi connectivity index (χ4n) is 0.996. The number of carboxylic acid groups (broad SMARTS) is 1. The Kier molecular flexibility index (Phi) is 4.29. The number of rotatable bonds is 3. The Labute approximate surface area is 110 Å². The third kappa shape index (κ3) is 3.65. The zero-order valence-corrected chi connectivity index (χ0v) is 10.3. The van der Waals surface area contributed by atoms with E-state index in [2.05, 4.69) is 9.72 Å². The van der Waals surface area contributed by atoms with Gasteiger partial charge in [-0.05, 0) is 28.7 Å². The van der Waals surface area contributed by atoms with Crippen molar-refractivity contribution in [2.24, 2.45) is 0 Å². The molecule has 18 heavy (non-hydrogen) atoms. The summed E-state index contributed by atoms with van der Waals surface area (Å²) in [5.41, 5.74) is -1.92. The van der Waals surface area contributed by atoms with Crippen LogP contribution >= 0.6 is 22.6 Å². The van der Waals surface area contributed by atoms with Crippen molar-refractivity contribution in [3.05, 3.63) is 20.9 Å². The van der Waals surface area contributed by atoms with Crippen LogP contribution in [0.5, 0.6) is 5.88 Å². The van der Waals surface area contributed by atoms with Crippen LogP contribution in [0.25, 0.3) is 0 Å². The van der Waals surface area contributed by atoms with E-state index < -0.39 is 35.9 Å². The minimum Gasteiger partial charge on any atom is -0.477 e. The monoisotopic (exact) mass is 383 g/mol. The maximum Gasteiger partial charge on any atom is 0.574 e. The highest BCUT2D eigenvalue weighted by Gasteiger charge is 2.35. The molecule has 0 radical (unpaired) electrons. The molecule has 1 heterocycles. The largest absolute Gasteiger partial charge is 0.574 e. The fraction of sp³-hybridized carbons (Fsp3) is 0.250. The number of pyridine rings is 1. The van der Waals surface area contributed by atoms with Crippen LogP contribution in [0, 0.1) is 3.57 Å². The molecule has 0 saturated heterocycles. The van der Waals surface area contributed by atoms with E-state index in [0.717, 1.165) is 6.07 Å². The summed E-state index contributed by atoms with van der Waals surface area (Å²) in [6.07, 6.45) is -8.51. The summed E-state index contributed by atoms with van der Waals surface area (Å²) >= 11 is 1.28. The molecule has 0 spiro atoms. The van der Waals surface area contributed by atoms with Crippen molar-refractivity contribution >= 4 is 28.6 Å². The number of carbonyl (C=O) groups is 1. The zero-order valence-electron chi connectivity index (χ0n) is 8.13. The normalized spacial score (nSPS) is 11.7. The van der Waals surface area contributed by atoms with Gasteiger partial charge in [0.25, 0.3) is 6.43 Å². The second kappa shape index (κ2) is 5.20. The van der Waals surface area contributed by atoms with Crippen molar-refractivity contribution in [1.82, 2.24) is 4.98 Å². The molecule has 0 aliphatic heterocycles. The van der Waals surface area contributed by atoms with Crippen molar-refractivity contribution in [2.75, 3.05) is 0 Å². The molecule has 0 aliphatic carbocycles. The molecule has 0 amide bonds. The lowest BCUT2D eigenvalue weighted by atomic mass is 10.2. The number of halogens is 6. The SMILES string of the molecule is O=C(O)c1cc(I)c(C(F)F)c(OC(F)(F)F)n1. The molecule has 1 aromatic rings. The van der Waals surface area contributed by atoms with E-state index in [0.29, 0.717) is 0 Å². The van der Waals surface area contributed by atoms with Gasteiger partial charge in [0.1, 0.15) is 0 Å². The summed E-state index contributed by atoms with van der Waals surface area (Å²) in [5.74, 6) is -3.11. The van der Waals surface area contributed by atoms with Crippen LogP contribution in [0.3, 0.4) is 0 Å². The number of carboxylic acids is 1. The summed E-state index contributed by atoms with van der Waals surface area (Å²) in [6, 6.07) is 0.730. The molecule has 0 aromatic carbocycles. The average molecular weight is 383 g/mol. The van der Waals surface area contributed by atoms with Crippen molar-refractivity contribution in [3.8, 4) is 5.88 Å². The smallest absolute Gasteiger partial charge is 0.477 e. The predicted octanol–water partition coefficient (Wildman–Crippen LogP) is 3.22. The Hall–Kier alpha value is -1.20. The van der Waals surface area contributed by atoms with Crippen LogP contribution in [-0.4, -0.2) is 22.4 Å². The van der Waals surface area contributed by atoms with E-state index in [1.807, 2.05) is 0 Å². The van der Waals surface area contributed by atoms with Gasteiger partial charge in [-0.15, -0.1) is 13.2 Å². The molecule has 100 valence electrons. The standard InChI is InChI=1S/C8H3F5INO3/c9-5(10)4-2(14)1-3(7(16)17)15-6(4)18-8(11,12)13/h1,5H,(H,16,17). The van der Waals surface area contributed by atoms with Crippen molar-refractivity contribution in [2.45, 2.75) is 12.8 Å². The highest BCUT2D eigenvalue weighted by Crippen LogP contribution is 2.35. The van der Waals surface area contributed by atoms with E-state index in [-0.39, 0.29) is 3.57 Å². The number of ether oxygens (including phenoxy) is 1. The number of aromatic nitrogens is 1. The van der Waals surface area contributed by atoms with Crippen LogP contribution in [0.2, 0.25) is 0 Å². The maximum atomic E-state index is 12.6. The molecule has 0 fully saturated rings. The highest BCUT2D eigenvalue weighted by atomic mass is 127. The van der Waals surface area contributed by atoms with Gasteiger partial charge >= 0.3 is 12.3 Å². The third-order valence-electron chi connectivity index (χ3n) is 1.62. The van der Waals surface area contributed by atoms with Gasteiger partial charge in [-0.1, -0.05) is 0 Å². The Balaban J connectivity index is 3.38. The Bertz CT molecular complexity index is 477. The Morgan fingerprint density at radius 2 is 2.00 bits per heavy atom. The summed E-state index contributed by atoms with van der Waals surface area (Å²) in [6.45, 7) is 0. The molecule has 0 aliphatic rings. The molecule has 0 saturated carbocycles. The first-order valence-corrected chi connectivity index (χ1v) is 5.17. The molecule has 1 aromatic heterocycles. The summed E-state index contributed by atoms with van der Waals surface area (Å²) in [4.78, 5) is 13.5. The number of hydrogen-bond donors (Lipinski definition) is 1. The minimum absolute atomic E-state index is 0.380. The van der Waals surface area contributed by atoms with Gasteiger partial charge in [-0.2, -0.15) is 0 Å². The van der Waals surface area contributed by atoms with Gasteiger partial charge in [0.2, 0.25) is 5.88 Å². The van der Waals surface area contributed by atoms with Gasteiger partial charge in [0, 0.05) is 3.57 Å². The van der Waals surface area contributed by atoms with Gasteiger partial charge in [0.05, 0.1) is 5.56 Å². The lowest BCUT2D eigenvalue weighted by Crippen LogP contribution is -2.20. The van der Waals surface area contributed by atoms with Crippen LogP contribution in [0.1, 0.15) is 22.5 Å². The van der Waals surface area contributed by atoms with Crippen LogP contribution in [0.15, 0.2) is 6.07 Å². The topological polar surface area (TPSA) is 59.4 Å². The predicted molar refractivity (Wildman–Crippen MR) is 55.6 cm³/mol. The second-order valence-electron chi connectivity index (χ2n) is 2.86. The second-order valence-corrected chi connectivity index (χ2v) is 4.02. The lowest BCUT2D eigenvalue weighted by molar-refractivity contribution is -0.276. The lowest BCUT2D eigenvalue weighted by Gasteiger charge is -2.13. The molecular weight excluding hydrogens is 380 g/mol. The minimum atomic E-state index is -5.24. The van der Waals surface area contributed by atoms with Crippen LogP contribution < -0.4 is 4.74 Å². The van der Waals surface area contributed by atoms with Gasteiger partial charge in [0.15, 0.2) is 5.69 Å². The first kappa shape index (κ1) is 14.9. The van der Waals surface area contributed by atoms with E-state index in [4.69, 9.17) is 5.11 Å². The number of hydrogen-bond acceptors (Lipinski definition) is 3. The first-order valence-electron chi connectivity index (χ1n) is 4.09. The van der Waals surface area contributed by atoms with E-state index in [1.165, 1.54) is 22.6 Å². The van der Waals surface area contributed by atoms with Crippen molar-refractivity contribution < 1.29 is 36.6 Å². The fourth-order valence-corrected chi connectivity index (χ4v) is 1.76. The first-order chi connectivity index (χ1) is 8.11. The number of alkyl halides is 5. The zero-order chi connectivity index (χ0) is 14.1. The van der Waals surface area contributed by atoms with E-state index in [9.17, 15) is 26.7 Å². The van der Waals surface area contributed by atoms with Gasteiger partial charge < -0.3 is 9.84 Å². The number of aromatic carboxylic acids is 1. The average Bonchev–Trinajstić information content (AvgIpc) is 2.12. The molecule has 0 bridgehead atoms. The summed E-state index contributed by atoms with van der Waals surface area (Å²) < 4.78 is 64.0. The Morgan fingerprint density at radius 3 is 2.39 bits per heavy atom. The number of nitrogens with zero attached hydrogens (tertiary/aromatic N) is 1. The van der Waals surface area contributed by atoms with Crippen LogP contribution in [0.4, 0.5) is 22.0 Å². The van der Waals surface area contributed by atoms with Crippen molar-refractivity contribution in [1.29, 1.82) is 0 Å². The maximum absolute atomic E-state index is 12.6. The third-order valence-corrected chi connectivity index (χ3v) is 2.52. The van der Waals surface area contributed by atoms with E-state index >= 15 is 0 Å². The molecule has 4 nitrogen and oxygen atoms in total. The molecule has 1 N–H and O–H groups in total. The van der Waals surface area contributed by atoms with Gasteiger partial charge in [-0.3, -0.25) is 0 Å². The quantitative estimate of drug-likeness (QED) is 0.644. The summed E-state index contributed by atoms with van der Waals surface area (Å²) in [7, 11) is 0. The molecule has 1 rings (SSSR count). The molecule has 10 heteroatoms. The van der Waals surface area contributed by atoms with Crippen LogP contribution in [-0.2, 0) is 0 Å². The van der Waals surface area contributed by atoms with E-state index in [1.54, 1.807) is 0 Å². The molecule has 0 atom stereocenters.